The van der Waals surface area contributed by atoms with E-state index < -0.39 is 11.4 Å². The topological polar surface area (TPSA) is 70.1 Å². The molecule has 3 aromatic rings. The maximum Gasteiger partial charge on any atom is 0.280 e. The van der Waals surface area contributed by atoms with Crippen molar-refractivity contribution in [1.29, 1.82) is 0 Å². The molecule has 0 aliphatic rings. The molecule has 2 aromatic carbocycles. The second-order valence-corrected chi connectivity index (χ2v) is 5.81. The van der Waals surface area contributed by atoms with Gasteiger partial charge in [-0.15, -0.1) is 0 Å². The predicted octanol–water partition coefficient (Wildman–Crippen LogP) is 2.55. The smallest absolute Gasteiger partial charge is 0.280 e. The van der Waals surface area contributed by atoms with Gasteiger partial charge >= 0.3 is 0 Å². The van der Waals surface area contributed by atoms with Crippen molar-refractivity contribution in [2.45, 2.75) is 10.9 Å². The van der Waals surface area contributed by atoms with E-state index in [0.717, 1.165) is 16.0 Å². The largest absolute Gasteiger partial charge is 0.497 e. The average molecular weight is 331 g/mol. The molecule has 5 nitrogen and oxygen atoms in total. The van der Waals surface area contributed by atoms with Crippen LogP contribution in [0.4, 0.5) is 4.39 Å². The highest BCUT2D eigenvalue weighted by atomic mass is 32.2. The van der Waals surface area contributed by atoms with Gasteiger partial charge in [-0.3, -0.25) is 4.79 Å². The summed E-state index contributed by atoms with van der Waals surface area (Å²) in [5.41, 5.74) is 0.936. The van der Waals surface area contributed by atoms with Crippen molar-refractivity contribution in [2.24, 2.45) is 0 Å². The summed E-state index contributed by atoms with van der Waals surface area (Å²) in [4.78, 5) is 16.5. The molecule has 0 aliphatic heterocycles. The lowest BCUT2D eigenvalue weighted by atomic mass is 10.2. The molecule has 0 saturated heterocycles. The maximum atomic E-state index is 13.3. The minimum absolute atomic E-state index is 0.294. The Bertz CT molecular complexity index is 910. The first-order valence-corrected chi connectivity index (χ1v) is 7.80. The fourth-order valence-corrected chi connectivity index (χ4v) is 3.00. The molecule has 7 heteroatoms. The molecule has 0 saturated carbocycles. The second kappa shape index (κ2) is 6.29. The van der Waals surface area contributed by atoms with Gasteiger partial charge in [0.25, 0.3) is 5.56 Å². The van der Waals surface area contributed by atoms with E-state index in [0.29, 0.717) is 21.8 Å². The zero-order valence-electron chi connectivity index (χ0n) is 12.3. The Morgan fingerprint density at radius 3 is 2.70 bits per heavy atom. The molecule has 3 rings (SSSR count). The van der Waals surface area contributed by atoms with Gasteiger partial charge in [0.2, 0.25) is 0 Å². The summed E-state index contributed by atoms with van der Waals surface area (Å²) >= 11 is 1.31. The van der Waals surface area contributed by atoms with Gasteiger partial charge in [-0.1, -0.05) is 23.9 Å². The van der Waals surface area contributed by atoms with Crippen molar-refractivity contribution in [3.05, 3.63) is 64.2 Å². The van der Waals surface area contributed by atoms with E-state index in [1.807, 2.05) is 24.3 Å². The van der Waals surface area contributed by atoms with Crippen LogP contribution >= 0.6 is 11.8 Å². The van der Waals surface area contributed by atoms with E-state index in [-0.39, 0.29) is 0 Å². The SMILES string of the molecule is COc1ccc(CSc2nc3cc(F)ccc3c(=O)n2N)cc1. The van der Waals surface area contributed by atoms with Gasteiger partial charge in [0, 0.05) is 11.8 Å². The zero-order chi connectivity index (χ0) is 16.4. The van der Waals surface area contributed by atoms with Crippen molar-refractivity contribution in [2.75, 3.05) is 13.0 Å². The number of hydrogen-bond donors (Lipinski definition) is 1. The third kappa shape index (κ3) is 3.14. The number of nitrogen functional groups attached to an aromatic ring is 1. The molecule has 0 aliphatic carbocycles. The van der Waals surface area contributed by atoms with Crippen molar-refractivity contribution in [1.82, 2.24) is 9.66 Å². The minimum Gasteiger partial charge on any atom is -0.497 e. The van der Waals surface area contributed by atoms with Gasteiger partial charge in [0.15, 0.2) is 5.16 Å². The summed E-state index contributed by atoms with van der Waals surface area (Å²) < 4.78 is 19.4. The van der Waals surface area contributed by atoms with Gasteiger partial charge in [0.1, 0.15) is 11.6 Å². The van der Waals surface area contributed by atoms with Crippen LogP contribution in [0.2, 0.25) is 0 Å². The summed E-state index contributed by atoms with van der Waals surface area (Å²) in [6.07, 6.45) is 0. The number of benzene rings is 2. The number of nitrogens with two attached hydrogens (primary N) is 1. The Balaban J connectivity index is 1.90. The fraction of sp³-hybridized carbons (Fsp3) is 0.125. The van der Waals surface area contributed by atoms with Crippen LogP contribution in [0.1, 0.15) is 5.56 Å². The van der Waals surface area contributed by atoms with E-state index in [4.69, 9.17) is 10.6 Å². The number of halogens is 1. The van der Waals surface area contributed by atoms with Gasteiger partial charge in [0.05, 0.1) is 18.0 Å². The van der Waals surface area contributed by atoms with Crippen LogP contribution < -0.4 is 16.1 Å². The Hall–Kier alpha value is -2.54. The van der Waals surface area contributed by atoms with Crippen molar-refractivity contribution in [3.63, 3.8) is 0 Å². The van der Waals surface area contributed by atoms with E-state index in [1.54, 1.807) is 7.11 Å². The number of hydrogen-bond acceptors (Lipinski definition) is 5. The van der Waals surface area contributed by atoms with Gasteiger partial charge in [-0.25, -0.2) is 14.1 Å². The number of thioether (sulfide) groups is 1. The second-order valence-electron chi connectivity index (χ2n) is 4.87. The summed E-state index contributed by atoms with van der Waals surface area (Å²) in [6.45, 7) is 0. The highest BCUT2D eigenvalue weighted by Crippen LogP contribution is 2.22. The Kier molecular flexibility index (Phi) is 4.20. The van der Waals surface area contributed by atoms with Crippen molar-refractivity contribution in [3.8, 4) is 5.75 Å². The Morgan fingerprint density at radius 2 is 2.00 bits per heavy atom. The minimum atomic E-state index is -0.440. The summed E-state index contributed by atoms with van der Waals surface area (Å²) in [7, 11) is 1.61. The standard InChI is InChI=1S/C16H14FN3O2S/c1-22-12-5-2-10(3-6-12)9-23-16-19-14-8-11(17)4-7-13(14)15(21)20(16)18/h2-8H,9,18H2,1H3. The normalized spacial score (nSPS) is 10.9. The Labute approximate surface area is 135 Å². The highest BCUT2D eigenvalue weighted by Gasteiger charge is 2.10. The first-order chi connectivity index (χ1) is 11.1. The lowest BCUT2D eigenvalue weighted by molar-refractivity contribution is 0.414. The molecule has 0 spiro atoms. The summed E-state index contributed by atoms with van der Waals surface area (Å²) in [5.74, 6) is 6.71. The van der Waals surface area contributed by atoms with Crippen LogP contribution in [0.5, 0.6) is 5.75 Å². The van der Waals surface area contributed by atoms with Crippen LogP contribution in [-0.4, -0.2) is 16.8 Å². The Morgan fingerprint density at radius 1 is 1.26 bits per heavy atom. The van der Waals surface area contributed by atoms with Gasteiger partial charge in [-0.05, 0) is 29.8 Å². The average Bonchev–Trinajstić information content (AvgIpc) is 2.57. The number of nitrogens with zero attached hydrogens (tertiary/aromatic N) is 2. The zero-order valence-corrected chi connectivity index (χ0v) is 13.1. The van der Waals surface area contributed by atoms with Gasteiger partial charge < -0.3 is 10.6 Å². The monoisotopic (exact) mass is 331 g/mol. The van der Waals surface area contributed by atoms with Crippen LogP contribution in [0.3, 0.4) is 0 Å². The first kappa shape index (κ1) is 15.4. The number of ether oxygens (including phenoxy) is 1. The number of rotatable bonds is 4. The van der Waals surface area contributed by atoms with E-state index >= 15 is 0 Å². The van der Waals surface area contributed by atoms with E-state index in [2.05, 4.69) is 4.98 Å². The third-order valence-corrected chi connectivity index (χ3v) is 4.38. The summed E-state index contributed by atoms with van der Waals surface area (Å²) in [5, 5.41) is 0.631. The number of aromatic nitrogens is 2. The number of fused-ring (bicyclic) bond motifs is 1. The van der Waals surface area contributed by atoms with Gasteiger partial charge in [-0.2, -0.15) is 0 Å². The molecule has 0 unspecified atom stereocenters. The van der Waals surface area contributed by atoms with Crippen LogP contribution in [0.15, 0.2) is 52.4 Å². The maximum absolute atomic E-state index is 13.3. The summed E-state index contributed by atoms with van der Waals surface area (Å²) in [6, 6.07) is 11.4. The molecular weight excluding hydrogens is 317 g/mol. The molecule has 1 heterocycles. The van der Waals surface area contributed by atoms with Crippen LogP contribution in [0, 0.1) is 5.82 Å². The lowest BCUT2D eigenvalue weighted by Crippen LogP contribution is -2.29. The molecule has 2 N–H and O–H groups in total. The molecule has 1 aromatic heterocycles. The number of methoxy groups -OCH3 is 1. The van der Waals surface area contributed by atoms with E-state index in [9.17, 15) is 9.18 Å². The molecule has 0 amide bonds. The fourth-order valence-electron chi connectivity index (χ4n) is 2.12. The van der Waals surface area contributed by atoms with Crippen molar-refractivity contribution < 1.29 is 9.13 Å². The quantitative estimate of drug-likeness (QED) is 0.452. The van der Waals surface area contributed by atoms with E-state index in [1.165, 1.54) is 30.0 Å². The first-order valence-electron chi connectivity index (χ1n) is 6.81. The molecule has 118 valence electrons. The van der Waals surface area contributed by atoms with Crippen LogP contribution in [-0.2, 0) is 5.75 Å². The molecule has 0 bridgehead atoms. The molecule has 0 atom stereocenters. The molecule has 23 heavy (non-hydrogen) atoms. The van der Waals surface area contributed by atoms with Crippen molar-refractivity contribution >= 4 is 22.7 Å². The molecule has 0 fully saturated rings. The highest BCUT2D eigenvalue weighted by molar-refractivity contribution is 7.98. The lowest BCUT2D eigenvalue weighted by Gasteiger charge is -2.08. The third-order valence-electron chi connectivity index (χ3n) is 3.36. The predicted molar refractivity (Wildman–Crippen MR) is 88.7 cm³/mol. The van der Waals surface area contributed by atoms with Crippen LogP contribution in [0.25, 0.3) is 10.9 Å². The molecule has 0 radical (unpaired) electrons. The molecular formula is C16H14FN3O2S.